The van der Waals surface area contributed by atoms with E-state index < -0.39 is 5.97 Å². The van der Waals surface area contributed by atoms with Crippen molar-refractivity contribution >= 4 is 28.7 Å². The molecule has 1 N–H and O–H groups in total. The summed E-state index contributed by atoms with van der Waals surface area (Å²) in [5.74, 6) is -1.18. The van der Waals surface area contributed by atoms with Crippen molar-refractivity contribution in [3.05, 3.63) is 53.4 Å². The van der Waals surface area contributed by atoms with Gasteiger partial charge in [-0.2, -0.15) is 0 Å². The zero-order valence-corrected chi connectivity index (χ0v) is 10.4. The Morgan fingerprint density at radius 2 is 1.95 bits per heavy atom. The number of halogens is 1. The van der Waals surface area contributed by atoms with E-state index in [1.807, 2.05) is 0 Å². The molecular weight excluding hydrogens is 266 g/mol. The molecule has 94 valence electrons. The van der Waals surface area contributed by atoms with Gasteiger partial charge in [0.25, 0.3) is 0 Å². The topological polar surface area (TPSA) is 68.0 Å². The third kappa shape index (κ3) is 1.94. The average molecular weight is 274 g/mol. The van der Waals surface area contributed by atoms with Crippen LogP contribution < -0.4 is 0 Å². The number of aromatic nitrogens is 3. The van der Waals surface area contributed by atoms with Gasteiger partial charge in [0, 0.05) is 16.9 Å². The van der Waals surface area contributed by atoms with Crippen molar-refractivity contribution in [3.8, 4) is 5.69 Å². The fourth-order valence-electron chi connectivity index (χ4n) is 1.89. The second kappa shape index (κ2) is 4.37. The lowest BCUT2D eigenvalue weighted by molar-refractivity contribution is 0.0682. The van der Waals surface area contributed by atoms with Crippen LogP contribution >= 0.6 is 11.6 Å². The summed E-state index contributed by atoms with van der Waals surface area (Å²) in [6.45, 7) is 0. The SMILES string of the molecule is O=C(O)c1nc2cccnc2n1-c1ccc(Cl)cc1. The number of carbonyl (C=O) groups is 1. The van der Waals surface area contributed by atoms with Gasteiger partial charge in [-0.05, 0) is 36.4 Å². The summed E-state index contributed by atoms with van der Waals surface area (Å²) >= 11 is 5.84. The first-order valence-electron chi connectivity index (χ1n) is 5.49. The Bertz CT molecular complexity index is 765. The monoisotopic (exact) mass is 273 g/mol. The molecule has 0 aliphatic carbocycles. The zero-order valence-electron chi connectivity index (χ0n) is 9.62. The van der Waals surface area contributed by atoms with Crippen LogP contribution in [0.3, 0.4) is 0 Å². The van der Waals surface area contributed by atoms with E-state index in [1.54, 1.807) is 42.6 Å². The highest BCUT2D eigenvalue weighted by atomic mass is 35.5. The van der Waals surface area contributed by atoms with E-state index in [2.05, 4.69) is 9.97 Å². The first kappa shape index (κ1) is 11.7. The molecule has 0 fully saturated rings. The maximum atomic E-state index is 11.3. The van der Waals surface area contributed by atoms with E-state index in [0.717, 1.165) is 0 Å². The lowest BCUT2D eigenvalue weighted by Gasteiger charge is -2.05. The number of hydrogen-bond donors (Lipinski definition) is 1. The van der Waals surface area contributed by atoms with Crippen LogP contribution in [0.5, 0.6) is 0 Å². The van der Waals surface area contributed by atoms with E-state index in [4.69, 9.17) is 11.6 Å². The Kier molecular flexibility index (Phi) is 2.68. The minimum atomic E-state index is -1.10. The Morgan fingerprint density at radius 1 is 1.21 bits per heavy atom. The van der Waals surface area contributed by atoms with E-state index in [-0.39, 0.29) is 5.82 Å². The number of rotatable bonds is 2. The molecule has 0 spiro atoms. The maximum Gasteiger partial charge on any atom is 0.372 e. The standard InChI is InChI=1S/C13H8ClN3O2/c14-8-3-5-9(6-4-8)17-11-10(2-1-7-15-11)16-12(17)13(18)19/h1-7H,(H,18,19). The minimum absolute atomic E-state index is 0.0731. The summed E-state index contributed by atoms with van der Waals surface area (Å²) < 4.78 is 1.49. The molecule has 0 aliphatic heterocycles. The van der Waals surface area contributed by atoms with Gasteiger partial charge in [-0.25, -0.2) is 14.8 Å². The molecule has 0 saturated heterocycles. The normalized spacial score (nSPS) is 10.8. The van der Waals surface area contributed by atoms with Crippen LogP contribution in [0.1, 0.15) is 10.6 Å². The number of carboxylic acid groups (broad SMARTS) is 1. The van der Waals surface area contributed by atoms with Gasteiger partial charge < -0.3 is 5.11 Å². The van der Waals surface area contributed by atoms with E-state index in [9.17, 15) is 9.90 Å². The van der Waals surface area contributed by atoms with Gasteiger partial charge >= 0.3 is 5.97 Å². The summed E-state index contributed by atoms with van der Waals surface area (Å²) in [6.07, 6.45) is 1.60. The van der Waals surface area contributed by atoms with Crippen molar-refractivity contribution in [2.75, 3.05) is 0 Å². The Morgan fingerprint density at radius 3 is 2.63 bits per heavy atom. The lowest BCUT2D eigenvalue weighted by atomic mass is 10.3. The Labute approximate surface area is 113 Å². The first-order valence-corrected chi connectivity index (χ1v) is 5.87. The minimum Gasteiger partial charge on any atom is -0.475 e. The van der Waals surface area contributed by atoms with Crippen LogP contribution in [0.25, 0.3) is 16.9 Å². The number of fused-ring (bicyclic) bond motifs is 1. The molecule has 0 amide bonds. The van der Waals surface area contributed by atoms with Gasteiger partial charge in [-0.15, -0.1) is 0 Å². The van der Waals surface area contributed by atoms with Crippen molar-refractivity contribution in [1.29, 1.82) is 0 Å². The highest BCUT2D eigenvalue weighted by Gasteiger charge is 2.18. The molecule has 3 aromatic rings. The molecule has 0 aliphatic rings. The number of hydrogen-bond acceptors (Lipinski definition) is 3. The molecule has 0 bridgehead atoms. The van der Waals surface area contributed by atoms with E-state index >= 15 is 0 Å². The van der Waals surface area contributed by atoms with Gasteiger partial charge in [0.05, 0.1) is 0 Å². The number of pyridine rings is 1. The van der Waals surface area contributed by atoms with Crippen LogP contribution in [0.2, 0.25) is 5.02 Å². The number of aromatic carboxylic acids is 1. The molecule has 2 heterocycles. The third-order valence-electron chi connectivity index (χ3n) is 2.69. The van der Waals surface area contributed by atoms with E-state index in [1.165, 1.54) is 4.57 Å². The fraction of sp³-hybridized carbons (Fsp3) is 0. The number of carboxylic acids is 1. The lowest BCUT2D eigenvalue weighted by Crippen LogP contribution is -2.08. The molecule has 3 rings (SSSR count). The summed E-state index contributed by atoms with van der Waals surface area (Å²) in [5, 5.41) is 9.83. The van der Waals surface area contributed by atoms with Gasteiger partial charge in [-0.1, -0.05) is 11.6 Å². The quantitative estimate of drug-likeness (QED) is 0.779. The smallest absolute Gasteiger partial charge is 0.372 e. The average Bonchev–Trinajstić information content (AvgIpc) is 2.79. The van der Waals surface area contributed by atoms with E-state index in [0.29, 0.717) is 21.9 Å². The molecule has 1 aromatic carbocycles. The second-order valence-corrected chi connectivity index (χ2v) is 4.33. The summed E-state index contributed by atoms with van der Waals surface area (Å²) in [5.41, 5.74) is 1.69. The predicted octanol–water partition coefficient (Wildman–Crippen LogP) is 2.77. The molecule has 6 heteroatoms. The van der Waals surface area contributed by atoms with Crippen LogP contribution in [0.4, 0.5) is 0 Å². The van der Waals surface area contributed by atoms with Gasteiger partial charge in [-0.3, -0.25) is 4.57 Å². The predicted molar refractivity (Wildman–Crippen MR) is 70.8 cm³/mol. The molecule has 0 unspecified atom stereocenters. The van der Waals surface area contributed by atoms with Crippen LogP contribution in [0.15, 0.2) is 42.6 Å². The van der Waals surface area contributed by atoms with Crippen molar-refractivity contribution < 1.29 is 9.90 Å². The summed E-state index contributed by atoms with van der Waals surface area (Å²) in [6, 6.07) is 10.3. The molecular formula is C13H8ClN3O2. The van der Waals surface area contributed by atoms with Crippen molar-refractivity contribution in [2.24, 2.45) is 0 Å². The van der Waals surface area contributed by atoms with Crippen LogP contribution in [-0.2, 0) is 0 Å². The maximum absolute atomic E-state index is 11.3. The highest BCUT2D eigenvalue weighted by molar-refractivity contribution is 6.30. The van der Waals surface area contributed by atoms with Crippen molar-refractivity contribution in [3.63, 3.8) is 0 Å². The Balaban J connectivity index is 2.34. The third-order valence-corrected chi connectivity index (χ3v) is 2.94. The van der Waals surface area contributed by atoms with Gasteiger partial charge in [0.1, 0.15) is 5.52 Å². The summed E-state index contributed by atoms with van der Waals surface area (Å²) in [7, 11) is 0. The van der Waals surface area contributed by atoms with Crippen molar-refractivity contribution in [2.45, 2.75) is 0 Å². The molecule has 0 atom stereocenters. The number of nitrogens with zero attached hydrogens (tertiary/aromatic N) is 3. The molecule has 5 nitrogen and oxygen atoms in total. The molecule has 0 radical (unpaired) electrons. The highest BCUT2D eigenvalue weighted by Crippen LogP contribution is 2.21. The van der Waals surface area contributed by atoms with Gasteiger partial charge in [0.15, 0.2) is 5.65 Å². The fourth-order valence-corrected chi connectivity index (χ4v) is 2.02. The zero-order chi connectivity index (χ0) is 13.4. The van der Waals surface area contributed by atoms with Crippen LogP contribution in [-0.4, -0.2) is 25.6 Å². The largest absolute Gasteiger partial charge is 0.475 e. The summed E-state index contributed by atoms with van der Waals surface area (Å²) in [4.78, 5) is 19.6. The molecule has 0 saturated carbocycles. The molecule has 2 aromatic heterocycles. The molecule has 19 heavy (non-hydrogen) atoms. The Hall–Kier alpha value is -2.40. The number of benzene rings is 1. The first-order chi connectivity index (χ1) is 9.16. The van der Waals surface area contributed by atoms with Gasteiger partial charge in [0.2, 0.25) is 5.82 Å². The number of imidazole rings is 1. The van der Waals surface area contributed by atoms with Crippen LogP contribution in [0, 0.1) is 0 Å². The second-order valence-electron chi connectivity index (χ2n) is 3.90. The van der Waals surface area contributed by atoms with Crippen molar-refractivity contribution in [1.82, 2.24) is 14.5 Å².